The molecule has 0 saturated heterocycles. The van der Waals surface area contributed by atoms with Crippen LogP contribution in [0.1, 0.15) is 81.8 Å². The minimum Gasteiger partial charge on any atom is -0.360 e. The van der Waals surface area contributed by atoms with Crippen LogP contribution in [0.25, 0.3) is 0 Å². The minimum absolute atomic E-state index is 0.129. The quantitative estimate of drug-likeness (QED) is 0.503. The normalized spacial score (nSPS) is 17.7. The van der Waals surface area contributed by atoms with E-state index >= 15 is 0 Å². The topological polar surface area (TPSA) is 64.9 Å². The minimum atomic E-state index is -0.268. The molecule has 0 atom stereocenters. The Bertz CT molecular complexity index is 690. The zero-order valence-electron chi connectivity index (χ0n) is 17.5. The second-order valence-corrected chi connectivity index (χ2v) is 8.04. The van der Waals surface area contributed by atoms with Gasteiger partial charge in [0, 0.05) is 17.9 Å². The van der Waals surface area contributed by atoms with Crippen molar-refractivity contribution in [1.29, 1.82) is 5.26 Å². The third kappa shape index (κ3) is 7.76. The summed E-state index contributed by atoms with van der Waals surface area (Å²) in [6.07, 6.45) is 14.9. The molecule has 0 heterocycles. The summed E-state index contributed by atoms with van der Waals surface area (Å²) < 4.78 is 0. The van der Waals surface area contributed by atoms with Gasteiger partial charge in [-0.2, -0.15) is 5.26 Å². The predicted octanol–water partition coefficient (Wildman–Crippen LogP) is 5.91. The lowest BCUT2D eigenvalue weighted by Gasteiger charge is -2.19. The number of aryl methyl sites for hydroxylation is 2. The maximum atomic E-state index is 12.6. The van der Waals surface area contributed by atoms with E-state index in [4.69, 9.17) is 0 Å². The van der Waals surface area contributed by atoms with Crippen LogP contribution in [0.3, 0.4) is 0 Å². The summed E-state index contributed by atoms with van der Waals surface area (Å²) in [4.78, 5) is 12.6. The van der Waals surface area contributed by atoms with E-state index in [0.29, 0.717) is 0 Å². The number of carbonyl (C=O) groups is 1. The Morgan fingerprint density at radius 1 is 0.964 bits per heavy atom. The van der Waals surface area contributed by atoms with Gasteiger partial charge < -0.3 is 10.6 Å². The average molecular weight is 382 g/mol. The van der Waals surface area contributed by atoms with Crippen LogP contribution in [-0.4, -0.2) is 11.9 Å². The maximum Gasteiger partial charge on any atom is 0.263 e. The van der Waals surface area contributed by atoms with Crippen LogP contribution in [-0.2, 0) is 4.79 Å². The van der Waals surface area contributed by atoms with Crippen LogP contribution >= 0.6 is 0 Å². The molecule has 0 unspecified atom stereocenters. The van der Waals surface area contributed by atoms with Crippen molar-refractivity contribution in [3.63, 3.8) is 0 Å². The fourth-order valence-corrected chi connectivity index (χ4v) is 3.71. The molecule has 1 fully saturated rings. The second-order valence-electron chi connectivity index (χ2n) is 8.04. The van der Waals surface area contributed by atoms with Crippen LogP contribution in [0.2, 0.25) is 0 Å². The number of nitriles is 1. The summed E-state index contributed by atoms with van der Waals surface area (Å²) in [5.41, 5.74) is 3.41. The van der Waals surface area contributed by atoms with Crippen LogP contribution in [0.4, 0.5) is 5.69 Å². The van der Waals surface area contributed by atoms with E-state index in [9.17, 15) is 10.1 Å². The summed E-state index contributed by atoms with van der Waals surface area (Å²) in [5.74, 6) is -0.268. The first-order valence-electron chi connectivity index (χ1n) is 10.8. The molecule has 2 rings (SSSR count). The first-order valence-corrected chi connectivity index (χ1v) is 10.8. The van der Waals surface area contributed by atoms with Gasteiger partial charge in [0.15, 0.2) is 0 Å². The number of rotatable bonds is 4. The number of carbonyl (C=O) groups excluding carboxylic acids is 1. The van der Waals surface area contributed by atoms with E-state index in [2.05, 4.69) is 17.6 Å². The molecule has 0 spiro atoms. The highest BCUT2D eigenvalue weighted by Crippen LogP contribution is 2.18. The van der Waals surface area contributed by atoms with Crippen molar-refractivity contribution < 1.29 is 4.79 Å². The van der Waals surface area contributed by atoms with Gasteiger partial charge in [-0.3, -0.25) is 4.79 Å². The highest BCUT2D eigenvalue weighted by Gasteiger charge is 2.16. The first-order chi connectivity index (χ1) is 13.6. The largest absolute Gasteiger partial charge is 0.360 e. The van der Waals surface area contributed by atoms with Crippen molar-refractivity contribution in [2.24, 2.45) is 0 Å². The number of hydrogen-bond donors (Lipinski definition) is 2. The summed E-state index contributed by atoms with van der Waals surface area (Å²) >= 11 is 0. The summed E-state index contributed by atoms with van der Waals surface area (Å²) in [6.45, 7) is 4.11. The molecule has 0 aliphatic heterocycles. The second kappa shape index (κ2) is 12.2. The van der Waals surface area contributed by atoms with Crippen molar-refractivity contribution in [2.75, 3.05) is 5.32 Å². The molecule has 1 saturated carbocycles. The van der Waals surface area contributed by atoms with Gasteiger partial charge in [-0.15, -0.1) is 0 Å². The van der Waals surface area contributed by atoms with Gasteiger partial charge in [-0.05, 0) is 49.9 Å². The monoisotopic (exact) mass is 381 g/mol. The maximum absolute atomic E-state index is 12.6. The molecule has 28 heavy (non-hydrogen) atoms. The molecular weight excluding hydrogens is 346 g/mol. The fraction of sp³-hybridized carbons (Fsp3) is 0.583. The van der Waals surface area contributed by atoms with Crippen molar-refractivity contribution in [3.05, 3.63) is 41.1 Å². The predicted molar refractivity (Wildman–Crippen MR) is 116 cm³/mol. The Labute approximate surface area is 170 Å². The lowest BCUT2D eigenvalue weighted by Crippen LogP contribution is -2.35. The average Bonchev–Trinajstić information content (AvgIpc) is 2.67. The fourth-order valence-electron chi connectivity index (χ4n) is 3.71. The molecule has 0 bridgehead atoms. The SMILES string of the molecule is Cc1ccc(N/C=C(/C#N)C(=O)NC2CCCCCCCCCCC2)cc1C. The number of hydrogen-bond acceptors (Lipinski definition) is 3. The van der Waals surface area contributed by atoms with Gasteiger partial charge in [0.25, 0.3) is 5.91 Å². The Balaban J connectivity index is 1.93. The molecule has 4 heteroatoms. The smallest absolute Gasteiger partial charge is 0.263 e. The Morgan fingerprint density at radius 3 is 2.07 bits per heavy atom. The number of anilines is 1. The van der Waals surface area contributed by atoms with Gasteiger partial charge in [-0.25, -0.2) is 0 Å². The summed E-state index contributed by atoms with van der Waals surface area (Å²) in [7, 11) is 0. The Hall–Kier alpha value is -2.28. The standard InChI is InChI=1S/C24H35N3O/c1-19-14-15-23(16-20(19)2)26-18-21(17-25)24(28)27-22-12-10-8-6-4-3-5-7-9-11-13-22/h14-16,18,22,26H,3-13H2,1-2H3,(H,27,28)/b21-18-. The van der Waals surface area contributed by atoms with Crippen LogP contribution in [0.5, 0.6) is 0 Å². The van der Waals surface area contributed by atoms with E-state index in [1.54, 1.807) is 0 Å². The molecule has 2 N–H and O–H groups in total. The molecule has 0 radical (unpaired) electrons. The molecule has 1 aliphatic carbocycles. The van der Waals surface area contributed by atoms with E-state index in [0.717, 1.165) is 31.4 Å². The van der Waals surface area contributed by atoms with Gasteiger partial charge in [0.05, 0.1) is 0 Å². The van der Waals surface area contributed by atoms with Crippen LogP contribution in [0, 0.1) is 25.2 Å². The van der Waals surface area contributed by atoms with E-state index in [1.807, 2.05) is 31.2 Å². The van der Waals surface area contributed by atoms with Crippen molar-refractivity contribution in [1.82, 2.24) is 5.32 Å². The number of benzene rings is 1. The lowest BCUT2D eigenvalue weighted by atomic mass is 9.98. The molecule has 1 amide bonds. The highest BCUT2D eigenvalue weighted by atomic mass is 16.1. The molecule has 1 aliphatic rings. The molecule has 152 valence electrons. The van der Waals surface area contributed by atoms with Crippen LogP contribution in [0.15, 0.2) is 30.0 Å². The molecule has 1 aromatic rings. The van der Waals surface area contributed by atoms with E-state index in [-0.39, 0.29) is 17.5 Å². The number of nitrogens with one attached hydrogen (secondary N) is 2. The van der Waals surface area contributed by atoms with Crippen LogP contribution < -0.4 is 10.6 Å². The van der Waals surface area contributed by atoms with Gasteiger partial charge >= 0.3 is 0 Å². The summed E-state index contributed by atoms with van der Waals surface area (Å²) in [6, 6.07) is 8.22. The first kappa shape index (κ1) is 22.0. The highest BCUT2D eigenvalue weighted by molar-refractivity contribution is 5.97. The van der Waals surface area contributed by atoms with Crippen molar-refractivity contribution >= 4 is 11.6 Å². The van der Waals surface area contributed by atoms with E-state index < -0.39 is 0 Å². The van der Waals surface area contributed by atoms with E-state index in [1.165, 1.54) is 62.3 Å². The molecule has 1 aromatic carbocycles. The van der Waals surface area contributed by atoms with Crippen molar-refractivity contribution in [2.45, 2.75) is 90.5 Å². The Kier molecular flexibility index (Phi) is 9.62. The zero-order chi connectivity index (χ0) is 20.2. The third-order valence-electron chi connectivity index (χ3n) is 5.70. The van der Waals surface area contributed by atoms with Gasteiger partial charge in [-0.1, -0.05) is 63.9 Å². The van der Waals surface area contributed by atoms with Gasteiger partial charge in [0.1, 0.15) is 11.6 Å². The molecule has 4 nitrogen and oxygen atoms in total. The van der Waals surface area contributed by atoms with Crippen molar-refractivity contribution in [3.8, 4) is 6.07 Å². The van der Waals surface area contributed by atoms with Gasteiger partial charge in [0.2, 0.25) is 0 Å². The zero-order valence-corrected chi connectivity index (χ0v) is 17.5. The molecular formula is C24H35N3O. The molecule has 0 aromatic heterocycles. The lowest BCUT2D eigenvalue weighted by molar-refractivity contribution is -0.117. The Morgan fingerprint density at radius 2 is 1.54 bits per heavy atom. The summed E-state index contributed by atoms with van der Waals surface area (Å²) in [5, 5.41) is 15.6. The number of amides is 1. The third-order valence-corrected chi connectivity index (χ3v) is 5.70. The number of nitrogens with zero attached hydrogens (tertiary/aromatic N) is 1.